The zero-order valence-corrected chi connectivity index (χ0v) is 15.9. The average molecular weight is 378 g/mol. The van der Waals surface area contributed by atoms with Crippen LogP contribution in [-0.4, -0.2) is 22.6 Å². The molecule has 5 nitrogen and oxygen atoms in total. The van der Waals surface area contributed by atoms with Gasteiger partial charge in [0, 0.05) is 6.20 Å². The van der Waals surface area contributed by atoms with Crippen molar-refractivity contribution in [1.29, 1.82) is 0 Å². The van der Waals surface area contributed by atoms with Crippen LogP contribution in [0.15, 0.2) is 42.6 Å². The van der Waals surface area contributed by atoms with E-state index < -0.39 is 0 Å². The fourth-order valence-corrected chi connectivity index (χ4v) is 2.29. The van der Waals surface area contributed by atoms with Crippen molar-refractivity contribution in [3.05, 3.63) is 53.2 Å². The summed E-state index contributed by atoms with van der Waals surface area (Å²) in [6, 6.07) is 11.0. The number of nitrogens with zero attached hydrogens (tertiary/aromatic N) is 1. The molecule has 2 rings (SSSR count). The van der Waals surface area contributed by atoms with Gasteiger partial charge in [-0.25, -0.2) is 4.98 Å². The van der Waals surface area contributed by atoms with Crippen LogP contribution in [-0.2, 0) is 10.2 Å². The number of nitrogens with one attached hydrogen (secondary N) is 2. The second-order valence-corrected chi connectivity index (χ2v) is 7.27. The van der Waals surface area contributed by atoms with Gasteiger partial charge in [-0.05, 0) is 47.5 Å². The number of benzene rings is 1. The highest BCUT2D eigenvalue weighted by Gasteiger charge is 2.13. The van der Waals surface area contributed by atoms with Crippen LogP contribution in [0.3, 0.4) is 0 Å². The number of thiocarbonyl (C=S) groups is 1. The fourth-order valence-electron chi connectivity index (χ4n) is 1.96. The fraction of sp³-hybridized carbons (Fsp3) is 0.278. The third-order valence-corrected chi connectivity index (χ3v) is 3.74. The Hall–Kier alpha value is -2.18. The van der Waals surface area contributed by atoms with Gasteiger partial charge in [-0.3, -0.25) is 10.1 Å². The highest BCUT2D eigenvalue weighted by atomic mass is 35.5. The number of hydrogen-bond donors (Lipinski definition) is 2. The van der Waals surface area contributed by atoms with Crippen molar-refractivity contribution in [3.8, 4) is 5.75 Å². The molecule has 0 atom stereocenters. The zero-order chi connectivity index (χ0) is 18.4. The molecule has 0 aliphatic carbocycles. The molecule has 0 fully saturated rings. The second-order valence-electron chi connectivity index (χ2n) is 6.43. The van der Waals surface area contributed by atoms with Crippen LogP contribution in [0.2, 0.25) is 5.02 Å². The number of hydrogen-bond acceptors (Lipinski definition) is 4. The van der Waals surface area contributed by atoms with Gasteiger partial charge in [-0.2, -0.15) is 0 Å². The first-order valence-corrected chi connectivity index (χ1v) is 8.48. The molecular formula is C18H20ClN3O2S. The summed E-state index contributed by atoms with van der Waals surface area (Å²) in [5, 5.41) is 5.99. The highest BCUT2D eigenvalue weighted by molar-refractivity contribution is 7.80. The van der Waals surface area contributed by atoms with E-state index in [0.717, 1.165) is 0 Å². The van der Waals surface area contributed by atoms with E-state index in [1.165, 1.54) is 11.8 Å². The lowest BCUT2D eigenvalue weighted by Gasteiger charge is -2.19. The molecule has 0 bridgehead atoms. The Bertz CT molecular complexity index is 740. The minimum Gasteiger partial charge on any atom is -0.484 e. The lowest BCUT2D eigenvalue weighted by atomic mass is 9.87. The van der Waals surface area contributed by atoms with Gasteiger partial charge in [0.25, 0.3) is 5.91 Å². The quantitative estimate of drug-likeness (QED) is 0.790. The zero-order valence-electron chi connectivity index (χ0n) is 14.3. The number of anilines is 1. The maximum Gasteiger partial charge on any atom is 0.264 e. The summed E-state index contributed by atoms with van der Waals surface area (Å²) < 4.78 is 5.47. The van der Waals surface area contributed by atoms with Gasteiger partial charge in [0.2, 0.25) is 0 Å². The summed E-state index contributed by atoms with van der Waals surface area (Å²) in [4.78, 5) is 15.9. The molecule has 2 N–H and O–H groups in total. The van der Waals surface area contributed by atoms with Crippen molar-refractivity contribution in [2.75, 3.05) is 11.9 Å². The van der Waals surface area contributed by atoms with Crippen LogP contribution in [0.1, 0.15) is 26.3 Å². The Morgan fingerprint density at radius 3 is 2.44 bits per heavy atom. The number of carbonyl (C=O) groups excluding carboxylic acids is 1. The predicted molar refractivity (Wildman–Crippen MR) is 104 cm³/mol. The maximum absolute atomic E-state index is 11.9. The molecule has 0 saturated carbocycles. The molecule has 0 saturated heterocycles. The number of rotatable bonds is 4. The van der Waals surface area contributed by atoms with Crippen LogP contribution in [0.25, 0.3) is 0 Å². The number of pyridine rings is 1. The molecule has 1 aromatic heterocycles. The summed E-state index contributed by atoms with van der Waals surface area (Å²) in [6.45, 7) is 6.28. The smallest absolute Gasteiger partial charge is 0.264 e. The number of carbonyl (C=O) groups is 1. The van der Waals surface area contributed by atoms with E-state index in [1.807, 2.05) is 24.3 Å². The molecule has 0 spiro atoms. The minimum absolute atomic E-state index is 0.0729. The van der Waals surface area contributed by atoms with E-state index in [0.29, 0.717) is 16.6 Å². The molecule has 0 radical (unpaired) electrons. The molecular weight excluding hydrogens is 358 g/mol. The molecule has 25 heavy (non-hydrogen) atoms. The summed E-state index contributed by atoms with van der Waals surface area (Å²) in [7, 11) is 0. The Kier molecular flexibility index (Phi) is 6.33. The van der Waals surface area contributed by atoms with Gasteiger partial charge in [0.05, 0.1) is 5.02 Å². The molecule has 1 aromatic carbocycles. The van der Waals surface area contributed by atoms with E-state index in [1.54, 1.807) is 12.1 Å². The Morgan fingerprint density at radius 2 is 1.88 bits per heavy atom. The number of amides is 1. The van der Waals surface area contributed by atoms with Gasteiger partial charge in [0.15, 0.2) is 11.7 Å². The van der Waals surface area contributed by atoms with Gasteiger partial charge < -0.3 is 10.1 Å². The van der Waals surface area contributed by atoms with Crippen molar-refractivity contribution < 1.29 is 9.53 Å². The Labute approximate surface area is 157 Å². The third-order valence-electron chi connectivity index (χ3n) is 3.31. The molecule has 2 aromatic rings. The average Bonchev–Trinajstić information content (AvgIpc) is 2.54. The first-order valence-electron chi connectivity index (χ1n) is 7.70. The van der Waals surface area contributed by atoms with E-state index in [4.69, 9.17) is 28.6 Å². The summed E-state index contributed by atoms with van der Waals surface area (Å²) in [6.07, 6.45) is 1.48. The molecule has 1 heterocycles. The summed E-state index contributed by atoms with van der Waals surface area (Å²) in [5.74, 6) is 0.765. The van der Waals surface area contributed by atoms with Gasteiger partial charge in [-0.1, -0.05) is 44.5 Å². The van der Waals surface area contributed by atoms with Gasteiger partial charge in [-0.15, -0.1) is 0 Å². The van der Waals surface area contributed by atoms with Crippen LogP contribution < -0.4 is 15.4 Å². The third kappa shape index (κ3) is 6.32. The SMILES string of the molecule is CC(C)(C)c1ccc(OCC(=O)NC(=S)Nc2ccc(Cl)cn2)cc1. The minimum atomic E-state index is -0.355. The van der Waals surface area contributed by atoms with E-state index in [2.05, 4.69) is 36.4 Å². The highest BCUT2D eigenvalue weighted by Crippen LogP contribution is 2.24. The van der Waals surface area contributed by atoms with Crippen molar-refractivity contribution in [2.45, 2.75) is 26.2 Å². The monoisotopic (exact) mass is 377 g/mol. The van der Waals surface area contributed by atoms with Gasteiger partial charge >= 0.3 is 0 Å². The molecule has 0 aliphatic heterocycles. The molecule has 0 unspecified atom stereocenters. The molecule has 132 valence electrons. The van der Waals surface area contributed by atoms with Gasteiger partial charge in [0.1, 0.15) is 11.6 Å². The number of ether oxygens (including phenoxy) is 1. The van der Waals surface area contributed by atoms with Crippen molar-refractivity contribution >= 4 is 40.7 Å². The van der Waals surface area contributed by atoms with Crippen LogP contribution >= 0.6 is 23.8 Å². The van der Waals surface area contributed by atoms with Crippen LogP contribution in [0.5, 0.6) is 5.75 Å². The normalized spacial score (nSPS) is 10.9. The standard InChI is InChI=1S/C18H20ClN3O2S/c1-18(2,3)12-4-7-14(8-5-12)24-11-16(23)22-17(25)21-15-9-6-13(19)10-20-15/h4-10H,11H2,1-3H3,(H2,20,21,22,23,25). The molecule has 0 aliphatic rings. The van der Waals surface area contributed by atoms with Crippen molar-refractivity contribution in [2.24, 2.45) is 0 Å². The molecule has 1 amide bonds. The number of halogens is 1. The van der Waals surface area contributed by atoms with Crippen molar-refractivity contribution in [1.82, 2.24) is 10.3 Å². The summed E-state index contributed by atoms with van der Waals surface area (Å²) in [5.41, 5.74) is 1.27. The largest absolute Gasteiger partial charge is 0.484 e. The first kappa shape index (κ1) is 19.1. The summed E-state index contributed by atoms with van der Waals surface area (Å²) >= 11 is 10.8. The van der Waals surface area contributed by atoms with E-state index >= 15 is 0 Å². The van der Waals surface area contributed by atoms with Crippen molar-refractivity contribution in [3.63, 3.8) is 0 Å². The first-order chi connectivity index (χ1) is 11.7. The molecule has 7 heteroatoms. The lowest BCUT2D eigenvalue weighted by molar-refractivity contribution is -0.121. The Balaban J connectivity index is 1.80. The van der Waals surface area contributed by atoms with E-state index in [9.17, 15) is 4.79 Å². The van der Waals surface area contributed by atoms with E-state index in [-0.39, 0.29) is 23.0 Å². The lowest BCUT2D eigenvalue weighted by Crippen LogP contribution is -2.37. The maximum atomic E-state index is 11.9. The Morgan fingerprint density at radius 1 is 1.20 bits per heavy atom. The van der Waals surface area contributed by atoms with Crippen LogP contribution in [0, 0.1) is 0 Å². The predicted octanol–water partition coefficient (Wildman–Crippen LogP) is 3.92. The number of aromatic nitrogens is 1. The topological polar surface area (TPSA) is 63.2 Å². The van der Waals surface area contributed by atoms with Crippen LogP contribution in [0.4, 0.5) is 5.82 Å². The second kappa shape index (κ2) is 8.27.